The van der Waals surface area contributed by atoms with Gasteiger partial charge in [0, 0.05) is 12.8 Å². The SMILES string of the molecule is N#Cc1cccc(COC(=O)c2cccc(N3C(=O)CCC3=O)c2)c1. The van der Waals surface area contributed by atoms with E-state index in [1.807, 2.05) is 6.07 Å². The number of ether oxygens (including phenoxy) is 1. The van der Waals surface area contributed by atoms with E-state index in [-0.39, 0.29) is 36.8 Å². The highest BCUT2D eigenvalue weighted by atomic mass is 16.5. The molecule has 1 saturated heterocycles. The fraction of sp³-hybridized carbons (Fsp3) is 0.158. The summed E-state index contributed by atoms with van der Waals surface area (Å²) in [6.07, 6.45) is 0.367. The Morgan fingerprint density at radius 2 is 1.80 bits per heavy atom. The molecular formula is C19H14N2O4. The summed E-state index contributed by atoms with van der Waals surface area (Å²) in [6.45, 7) is 0.0279. The van der Waals surface area contributed by atoms with Crippen molar-refractivity contribution in [2.75, 3.05) is 4.90 Å². The number of hydrogen-bond donors (Lipinski definition) is 0. The van der Waals surface area contributed by atoms with Crippen LogP contribution in [-0.2, 0) is 20.9 Å². The summed E-state index contributed by atoms with van der Waals surface area (Å²) in [5.74, 6) is -1.11. The first-order valence-electron chi connectivity index (χ1n) is 7.70. The van der Waals surface area contributed by atoms with Gasteiger partial charge in [0.05, 0.1) is 22.9 Å². The number of benzene rings is 2. The van der Waals surface area contributed by atoms with E-state index in [0.717, 1.165) is 4.90 Å². The minimum Gasteiger partial charge on any atom is -0.457 e. The van der Waals surface area contributed by atoms with Gasteiger partial charge in [0.25, 0.3) is 0 Å². The maximum atomic E-state index is 12.2. The second kappa shape index (κ2) is 6.97. The quantitative estimate of drug-likeness (QED) is 0.633. The van der Waals surface area contributed by atoms with Crippen LogP contribution in [0.5, 0.6) is 0 Å². The second-order valence-corrected chi connectivity index (χ2v) is 5.56. The summed E-state index contributed by atoms with van der Waals surface area (Å²) in [7, 11) is 0. The Morgan fingerprint density at radius 3 is 2.52 bits per heavy atom. The van der Waals surface area contributed by atoms with Crippen LogP contribution in [0, 0.1) is 11.3 Å². The van der Waals surface area contributed by atoms with Crippen LogP contribution in [0.1, 0.15) is 34.3 Å². The molecule has 1 aliphatic heterocycles. The van der Waals surface area contributed by atoms with Gasteiger partial charge in [-0.05, 0) is 35.9 Å². The molecule has 0 bridgehead atoms. The maximum Gasteiger partial charge on any atom is 0.338 e. The predicted molar refractivity (Wildman–Crippen MR) is 88.4 cm³/mol. The molecule has 124 valence electrons. The number of nitrogens with zero attached hydrogens (tertiary/aromatic N) is 2. The molecular weight excluding hydrogens is 320 g/mol. The molecule has 0 aliphatic carbocycles. The zero-order chi connectivity index (χ0) is 17.8. The molecule has 0 unspecified atom stereocenters. The van der Waals surface area contributed by atoms with Crippen LogP contribution in [0.25, 0.3) is 0 Å². The van der Waals surface area contributed by atoms with Crippen molar-refractivity contribution >= 4 is 23.5 Å². The van der Waals surface area contributed by atoms with Gasteiger partial charge in [-0.2, -0.15) is 5.26 Å². The number of nitriles is 1. The highest BCUT2D eigenvalue weighted by molar-refractivity contribution is 6.20. The van der Waals surface area contributed by atoms with Crippen molar-refractivity contribution < 1.29 is 19.1 Å². The zero-order valence-corrected chi connectivity index (χ0v) is 13.3. The third-order valence-corrected chi connectivity index (χ3v) is 3.82. The first-order chi connectivity index (χ1) is 12.1. The van der Waals surface area contributed by atoms with E-state index in [2.05, 4.69) is 0 Å². The van der Waals surface area contributed by atoms with Crippen LogP contribution in [-0.4, -0.2) is 17.8 Å². The lowest BCUT2D eigenvalue weighted by atomic mass is 10.1. The van der Waals surface area contributed by atoms with Crippen molar-refractivity contribution in [1.29, 1.82) is 5.26 Å². The molecule has 1 heterocycles. The second-order valence-electron chi connectivity index (χ2n) is 5.56. The smallest absolute Gasteiger partial charge is 0.338 e. The Morgan fingerprint density at radius 1 is 1.08 bits per heavy atom. The van der Waals surface area contributed by atoms with E-state index in [0.29, 0.717) is 16.8 Å². The Hall–Kier alpha value is -3.46. The first kappa shape index (κ1) is 16.4. The Kier molecular flexibility index (Phi) is 4.57. The molecule has 2 amide bonds. The molecule has 1 aliphatic rings. The van der Waals surface area contributed by atoms with Gasteiger partial charge in [-0.1, -0.05) is 18.2 Å². The van der Waals surface area contributed by atoms with E-state index < -0.39 is 5.97 Å². The van der Waals surface area contributed by atoms with Crippen LogP contribution < -0.4 is 4.90 Å². The molecule has 0 saturated carbocycles. The van der Waals surface area contributed by atoms with Gasteiger partial charge in [-0.25, -0.2) is 4.79 Å². The molecule has 1 fully saturated rings. The maximum absolute atomic E-state index is 12.2. The number of anilines is 1. The van der Waals surface area contributed by atoms with Crippen LogP contribution in [0.2, 0.25) is 0 Å². The molecule has 0 radical (unpaired) electrons. The Labute approximate surface area is 144 Å². The highest BCUT2D eigenvalue weighted by Crippen LogP contribution is 2.23. The van der Waals surface area contributed by atoms with Crippen molar-refractivity contribution in [3.05, 3.63) is 65.2 Å². The van der Waals surface area contributed by atoms with Gasteiger partial charge in [0.1, 0.15) is 6.61 Å². The van der Waals surface area contributed by atoms with E-state index in [1.54, 1.807) is 42.5 Å². The van der Waals surface area contributed by atoms with Crippen molar-refractivity contribution in [1.82, 2.24) is 0 Å². The number of esters is 1. The molecule has 2 aromatic rings. The van der Waals surface area contributed by atoms with Crippen LogP contribution in [0.15, 0.2) is 48.5 Å². The standard InChI is InChI=1S/C19H14N2O4/c20-11-13-3-1-4-14(9-13)12-25-19(24)15-5-2-6-16(10-15)21-17(22)7-8-18(21)23/h1-6,9-10H,7-8,12H2. The molecule has 2 aromatic carbocycles. The molecule has 3 rings (SSSR count). The molecule has 0 aromatic heterocycles. The summed E-state index contributed by atoms with van der Waals surface area (Å²) < 4.78 is 5.25. The summed E-state index contributed by atoms with van der Waals surface area (Å²) in [5.41, 5.74) is 1.81. The van der Waals surface area contributed by atoms with Crippen LogP contribution >= 0.6 is 0 Å². The molecule has 6 heteroatoms. The minimum absolute atomic E-state index is 0.0279. The monoisotopic (exact) mass is 334 g/mol. The Balaban J connectivity index is 1.72. The molecule has 0 spiro atoms. The van der Waals surface area contributed by atoms with Gasteiger partial charge in [-0.15, -0.1) is 0 Å². The predicted octanol–water partition coefficient (Wildman–Crippen LogP) is 2.57. The van der Waals surface area contributed by atoms with E-state index in [4.69, 9.17) is 10.00 Å². The van der Waals surface area contributed by atoms with Gasteiger partial charge in [0.2, 0.25) is 11.8 Å². The van der Waals surface area contributed by atoms with Crippen molar-refractivity contribution in [2.45, 2.75) is 19.4 Å². The number of carbonyl (C=O) groups excluding carboxylic acids is 3. The average molecular weight is 334 g/mol. The highest BCUT2D eigenvalue weighted by Gasteiger charge is 2.30. The van der Waals surface area contributed by atoms with Crippen molar-refractivity contribution in [3.8, 4) is 6.07 Å². The first-order valence-corrected chi connectivity index (χ1v) is 7.70. The fourth-order valence-electron chi connectivity index (χ4n) is 2.60. The number of imide groups is 1. The van der Waals surface area contributed by atoms with Crippen LogP contribution in [0.4, 0.5) is 5.69 Å². The van der Waals surface area contributed by atoms with Crippen molar-refractivity contribution in [2.24, 2.45) is 0 Å². The zero-order valence-electron chi connectivity index (χ0n) is 13.3. The minimum atomic E-state index is -0.566. The van der Waals surface area contributed by atoms with E-state index in [1.165, 1.54) is 6.07 Å². The van der Waals surface area contributed by atoms with Gasteiger partial charge in [-0.3, -0.25) is 14.5 Å². The third kappa shape index (κ3) is 3.56. The molecule has 6 nitrogen and oxygen atoms in total. The summed E-state index contributed by atoms with van der Waals surface area (Å²) in [4.78, 5) is 36.9. The summed E-state index contributed by atoms with van der Waals surface area (Å²) in [6, 6.07) is 15.0. The number of rotatable bonds is 4. The van der Waals surface area contributed by atoms with E-state index in [9.17, 15) is 14.4 Å². The Bertz CT molecular complexity index is 882. The number of hydrogen-bond acceptors (Lipinski definition) is 5. The average Bonchev–Trinajstić information content (AvgIpc) is 2.98. The summed E-state index contributed by atoms with van der Waals surface area (Å²) in [5, 5.41) is 8.88. The lowest BCUT2D eigenvalue weighted by Crippen LogP contribution is -2.28. The van der Waals surface area contributed by atoms with E-state index >= 15 is 0 Å². The van der Waals surface area contributed by atoms with Gasteiger partial charge < -0.3 is 4.74 Å². The lowest BCUT2D eigenvalue weighted by molar-refractivity contribution is -0.121. The third-order valence-electron chi connectivity index (χ3n) is 3.82. The topological polar surface area (TPSA) is 87.5 Å². The lowest BCUT2D eigenvalue weighted by Gasteiger charge is -2.14. The molecule has 0 atom stereocenters. The van der Waals surface area contributed by atoms with Gasteiger partial charge in [0.15, 0.2) is 0 Å². The van der Waals surface area contributed by atoms with Crippen LogP contribution in [0.3, 0.4) is 0 Å². The fourth-order valence-corrected chi connectivity index (χ4v) is 2.60. The molecule has 25 heavy (non-hydrogen) atoms. The largest absolute Gasteiger partial charge is 0.457 e. The normalized spacial score (nSPS) is 13.6. The number of amides is 2. The van der Waals surface area contributed by atoms with Gasteiger partial charge >= 0.3 is 5.97 Å². The van der Waals surface area contributed by atoms with Crippen molar-refractivity contribution in [3.63, 3.8) is 0 Å². The summed E-state index contributed by atoms with van der Waals surface area (Å²) >= 11 is 0. The molecule has 0 N–H and O–H groups in total. The number of carbonyl (C=O) groups is 3.